The van der Waals surface area contributed by atoms with Gasteiger partial charge in [-0.25, -0.2) is 9.36 Å². The molecule has 1 unspecified atom stereocenters. The van der Waals surface area contributed by atoms with E-state index >= 15 is 0 Å². The minimum Gasteiger partial charge on any atom is -0.478 e. The molecule has 10 heteroatoms. The van der Waals surface area contributed by atoms with Gasteiger partial charge >= 0.3 is 13.8 Å². The average molecular weight is 644 g/mol. The first-order chi connectivity index (χ1) is 20.6. The number of nitrogens with zero attached hydrogens (tertiary/aromatic N) is 1. The lowest BCUT2D eigenvalue weighted by molar-refractivity contribution is -0.0933. The van der Waals surface area contributed by atoms with Crippen molar-refractivity contribution < 1.29 is 32.8 Å². The predicted octanol–water partition coefficient (Wildman–Crippen LogP) is 9.39. The van der Waals surface area contributed by atoms with E-state index in [1.165, 1.54) is 0 Å². The van der Waals surface area contributed by atoms with E-state index in [0.29, 0.717) is 5.02 Å². The van der Waals surface area contributed by atoms with Crippen molar-refractivity contribution in [2.45, 2.75) is 71.7 Å². The van der Waals surface area contributed by atoms with Gasteiger partial charge in [-0.1, -0.05) is 48.0 Å². The second-order valence-electron chi connectivity index (χ2n) is 13.0. The Hall–Kier alpha value is -2.71. The normalized spacial score (nSPS) is 15.8. The van der Waals surface area contributed by atoms with Crippen molar-refractivity contribution in [1.82, 2.24) is 0 Å². The van der Waals surface area contributed by atoms with Crippen LogP contribution in [0.2, 0.25) is 5.02 Å². The summed E-state index contributed by atoms with van der Waals surface area (Å²) in [5.74, 6) is -0.824. The number of carbonyl (C=O) groups is 1. The summed E-state index contributed by atoms with van der Waals surface area (Å²) in [6, 6.07) is 22.8. The number of benzene rings is 3. The van der Waals surface area contributed by atoms with Gasteiger partial charge in [-0.15, -0.1) is 0 Å². The minimum atomic E-state index is -3.98. The van der Waals surface area contributed by atoms with E-state index in [2.05, 4.69) is 17.0 Å². The molecular weight excluding hydrogens is 601 g/mol. The number of hydrogen-bond donors (Lipinski definition) is 1. The van der Waals surface area contributed by atoms with Gasteiger partial charge in [0.1, 0.15) is 0 Å². The number of anilines is 1. The van der Waals surface area contributed by atoms with Crippen LogP contribution < -0.4 is 4.90 Å². The summed E-state index contributed by atoms with van der Waals surface area (Å²) < 4.78 is 37.6. The van der Waals surface area contributed by atoms with Gasteiger partial charge in [0.25, 0.3) is 0 Å². The molecule has 0 aromatic heterocycles. The smallest absolute Gasteiger partial charge is 0.477 e. The van der Waals surface area contributed by atoms with Crippen molar-refractivity contribution in [2.75, 3.05) is 24.8 Å². The zero-order chi connectivity index (χ0) is 32.1. The lowest BCUT2D eigenvalue weighted by Crippen LogP contribution is -2.36. The molecule has 0 bridgehead atoms. The molecule has 1 N–H and O–H groups in total. The Balaban J connectivity index is 1.59. The SMILES string of the molecule is CC(C)(C)OP(=O)(OCOC(c1ccccc1-c1ccc(Cl)cc1)C1CCN(c2ccc(C(=O)O)cc2)CC1)OC(C)(C)C. The zero-order valence-electron chi connectivity index (χ0n) is 26.3. The van der Waals surface area contributed by atoms with Crippen molar-refractivity contribution in [2.24, 2.45) is 5.92 Å². The van der Waals surface area contributed by atoms with E-state index < -0.39 is 25.0 Å². The van der Waals surface area contributed by atoms with Crippen LogP contribution in [0, 0.1) is 5.92 Å². The fraction of sp³-hybridized carbons (Fsp3) is 0.441. The summed E-state index contributed by atoms with van der Waals surface area (Å²) in [7, 11) is -3.98. The van der Waals surface area contributed by atoms with Crippen molar-refractivity contribution in [3.05, 3.63) is 88.9 Å². The summed E-state index contributed by atoms with van der Waals surface area (Å²) in [4.78, 5) is 13.5. The molecule has 1 aliphatic rings. The Kier molecular flexibility index (Phi) is 11.0. The second-order valence-corrected chi connectivity index (χ2v) is 14.9. The molecule has 1 saturated heterocycles. The third-order valence-corrected chi connectivity index (χ3v) is 9.32. The summed E-state index contributed by atoms with van der Waals surface area (Å²) in [6.45, 7) is 12.0. The highest BCUT2D eigenvalue weighted by molar-refractivity contribution is 7.48. The van der Waals surface area contributed by atoms with Crippen molar-refractivity contribution in [3.63, 3.8) is 0 Å². The molecule has 1 atom stereocenters. The van der Waals surface area contributed by atoms with E-state index in [0.717, 1.165) is 48.3 Å². The van der Waals surface area contributed by atoms with Crippen LogP contribution in [0.5, 0.6) is 0 Å². The second kappa shape index (κ2) is 14.2. The molecule has 3 aromatic carbocycles. The fourth-order valence-electron chi connectivity index (χ4n) is 5.30. The van der Waals surface area contributed by atoms with Gasteiger partial charge in [-0.3, -0.25) is 13.6 Å². The van der Waals surface area contributed by atoms with Gasteiger partial charge in [0.15, 0.2) is 6.79 Å². The van der Waals surface area contributed by atoms with Crippen LogP contribution in [-0.2, 0) is 22.9 Å². The molecule has 4 rings (SSSR count). The highest BCUT2D eigenvalue weighted by atomic mass is 35.5. The van der Waals surface area contributed by atoms with Crippen molar-refractivity contribution in [3.8, 4) is 11.1 Å². The average Bonchev–Trinajstić information content (AvgIpc) is 2.94. The molecule has 238 valence electrons. The van der Waals surface area contributed by atoms with Gasteiger partial charge in [-0.2, -0.15) is 0 Å². The number of piperidine rings is 1. The quantitative estimate of drug-likeness (QED) is 0.163. The van der Waals surface area contributed by atoms with E-state index in [4.69, 9.17) is 29.9 Å². The molecule has 0 saturated carbocycles. The Labute approximate surface area is 265 Å². The van der Waals surface area contributed by atoms with Gasteiger partial charge in [0, 0.05) is 23.8 Å². The third kappa shape index (κ3) is 9.64. The number of hydrogen-bond acceptors (Lipinski definition) is 7. The molecule has 44 heavy (non-hydrogen) atoms. The van der Waals surface area contributed by atoms with Crippen LogP contribution in [0.3, 0.4) is 0 Å². The summed E-state index contributed by atoms with van der Waals surface area (Å²) in [6.07, 6.45) is 1.25. The van der Waals surface area contributed by atoms with E-state index in [9.17, 15) is 14.5 Å². The number of carboxylic acid groups (broad SMARTS) is 1. The maximum Gasteiger partial charge on any atom is 0.477 e. The van der Waals surface area contributed by atoms with E-state index in [1.807, 2.05) is 48.5 Å². The van der Waals surface area contributed by atoms with Crippen LogP contribution in [-0.4, -0.2) is 42.2 Å². The van der Waals surface area contributed by atoms with Crippen LogP contribution in [0.25, 0.3) is 11.1 Å². The zero-order valence-corrected chi connectivity index (χ0v) is 27.9. The third-order valence-electron chi connectivity index (χ3n) is 7.10. The summed E-state index contributed by atoms with van der Waals surface area (Å²) in [5, 5.41) is 9.92. The molecule has 3 aromatic rings. The molecule has 1 heterocycles. The Bertz CT molecular complexity index is 1420. The van der Waals surface area contributed by atoms with Crippen LogP contribution in [0.1, 0.15) is 76.4 Å². The predicted molar refractivity (Wildman–Crippen MR) is 174 cm³/mol. The minimum absolute atomic E-state index is 0.119. The molecule has 1 aliphatic heterocycles. The Morgan fingerprint density at radius 3 is 2.02 bits per heavy atom. The molecule has 0 amide bonds. The largest absolute Gasteiger partial charge is 0.478 e. The monoisotopic (exact) mass is 643 g/mol. The lowest BCUT2D eigenvalue weighted by atomic mass is 9.84. The standard InChI is InChI=1S/C34H43ClNO7P/c1-33(2,3)42-44(39,43-34(4,5)6)41-23-40-31(30-10-8-7-9-29(30)24-11-15-27(35)16-12-24)25-19-21-36(22-20-25)28-17-13-26(14-18-28)32(37)38/h7-18,25,31H,19-23H2,1-6H3,(H,37,38). The van der Waals surface area contributed by atoms with Crippen molar-refractivity contribution in [1.29, 1.82) is 0 Å². The molecular formula is C34H43ClNO7P. The number of aromatic carboxylic acids is 1. The number of phosphoric ester groups is 1. The fourth-order valence-corrected chi connectivity index (χ4v) is 7.10. The van der Waals surface area contributed by atoms with Crippen molar-refractivity contribution >= 4 is 31.1 Å². The van der Waals surface area contributed by atoms with Crippen LogP contribution in [0.15, 0.2) is 72.8 Å². The number of ether oxygens (including phenoxy) is 1. The number of halogens is 1. The molecule has 0 aliphatic carbocycles. The van der Waals surface area contributed by atoms with Crippen LogP contribution >= 0.6 is 19.4 Å². The van der Waals surface area contributed by atoms with E-state index in [-0.39, 0.29) is 24.4 Å². The molecule has 8 nitrogen and oxygen atoms in total. The van der Waals surface area contributed by atoms with E-state index in [1.54, 1.807) is 53.7 Å². The van der Waals surface area contributed by atoms with Gasteiger partial charge in [0.2, 0.25) is 0 Å². The topological polar surface area (TPSA) is 94.5 Å². The Morgan fingerprint density at radius 1 is 0.909 bits per heavy atom. The number of rotatable bonds is 11. The maximum atomic E-state index is 13.7. The van der Waals surface area contributed by atoms with Gasteiger partial charge in [-0.05, 0) is 113 Å². The summed E-state index contributed by atoms with van der Waals surface area (Å²) >= 11 is 6.19. The first-order valence-electron chi connectivity index (χ1n) is 14.8. The first kappa shape index (κ1) is 34.2. The van der Waals surface area contributed by atoms with Gasteiger partial charge < -0.3 is 14.7 Å². The molecule has 1 fully saturated rings. The highest BCUT2D eigenvalue weighted by Crippen LogP contribution is 2.55. The lowest BCUT2D eigenvalue weighted by Gasteiger charge is -2.38. The Morgan fingerprint density at radius 2 is 1.48 bits per heavy atom. The molecule has 0 spiro atoms. The number of carboxylic acids is 1. The maximum absolute atomic E-state index is 13.7. The number of phosphoric acid groups is 1. The van der Waals surface area contributed by atoms with Crippen LogP contribution in [0.4, 0.5) is 5.69 Å². The van der Waals surface area contributed by atoms with Gasteiger partial charge in [0.05, 0.1) is 22.9 Å². The first-order valence-corrected chi connectivity index (χ1v) is 16.7. The molecule has 0 radical (unpaired) electrons. The highest BCUT2D eigenvalue weighted by Gasteiger charge is 2.38. The summed E-state index contributed by atoms with van der Waals surface area (Å²) in [5.41, 5.74) is 2.72.